The summed E-state index contributed by atoms with van der Waals surface area (Å²) in [6.45, 7) is 7.64. The second kappa shape index (κ2) is 10.9. The van der Waals surface area contributed by atoms with Gasteiger partial charge in [-0.15, -0.1) is 0 Å². The first kappa shape index (κ1) is 27.4. The van der Waals surface area contributed by atoms with Crippen LogP contribution in [-0.2, 0) is 0 Å². The minimum atomic E-state index is 0.357. The monoisotopic (exact) mass is 610 g/mol. The lowest BCUT2D eigenvalue weighted by Gasteiger charge is -2.11. The van der Waals surface area contributed by atoms with Gasteiger partial charge in [0.25, 0.3) is 0 Å². The van der Waals surface area contributed by atoms with Gasteiger partial charge in [0.15, 0.2) is 0 Å². The van der Waals surface area contributed by atoms with Crippen molar-refractivity contribution in [1.29, 1.82) is 5.26 Å². The number of hydrogen-bond acceptors (Lipinski definition) is 1. The molecule has 0 unspecified atom stereocenters. The Labute approximate surface area is 277 Å². The Morgan fingerprint density at radius 1 is 0.438 bits per heavy atom. The second-order valence-corrected chi connectivity index (χ2v) is 12.0. The van der Waals surface area contributed by atoms with Gasteiger partial charge >= 0.3 is 0 Å². The van der Waals surface area contributed by atoms with Gasteiger partial charge in [0, 0.05) is 32.9 Å². The number of fused-ring (bicyclic) bond motifs is 6. The van der Waals surface area contributed by atoms with Gasteiger partial charge in [-0.3, -0.25) is 0 Å². The van der Waals surface area contributed by atoms with Crippen molar-refractivity contribution in [3.63, 3.8) is 0 Å². The third kappa shape index (κ3) is 4.22. The van der Waals surface area contributed by atoms with Crippen molar-refractivity contribution in [3.05, 3.63) is 175 Å². The summed E-state index contributed by atoms with van der Waals surface area (Å²) in [5.41, 5.74) is 11.8. The van der Waals surface area contributed by atoms with Gasteiger partial charge in [0.05, 0.1) is 40.3 Å². The molecule has 2 aromatic heterocycles. The molecule has 7 aromatic carbocycles. The maximum Gasteiger partial charge on any atom is 0.206 e. The lowest BCUT2D eigenvalue weighted by Crippen LogP contribution is -1.94. The van der Waals surface area contributed by atoms with Crippen LogP contribution in [0, 0.1) is 17.9 Å². The average molecular weight is 611 g/mol. The van der Waals surface area contributed by atoms with Crippen molar-refractivity contribution in [2.75, 3.05) is 0 Å². The van der Waals surface area contributed by atoms with Crippen LogP contribution >= 0.6 is 0 Å². The summed E-state index contributed by atoms with van der Waals surface area (Å²) in [4.78, 5) is 3.63. The van der Waals surface area contributed by atoms with E-state index in [9.17, 15) is 5.26 Å². The SMILES string of the molecule is [C-]#[N+]c1cc(-n2c3ccccc3c3ccc(-c4ccc(-c5ccc6c(c5)c5ccccc5n6-c5ccccc5)cc4)cc32)ccc1C#N. The van der Waals surface area contributed by atoms with E-state index in [-0.39, 0.29) is 0 Å². The summed E-state index contributed by atoms with van der Waals surface area (Å²) < 4.78 is 4.53. The van der Waals surface area contributed by atoms with Gasteiger partial charge in [-0.1, -0.05) is 103 Å². The Morgan fingerprint density at radius 2 is 0.979 bits per heavy atom. The molecule has 0 aliphatic rings. The van der Waals surface area contributed by atoms with Crippen molar-refractivity contribution < 1.29 is 0 Å². The standard InChI is InChI=1S/C44H26N4/c1-46-40-27-35(22-19-33(40)28-45)48-41-13-7-5-11-36(41)38-23-20-32(26-44(38)48)30-17-15-29(16-18-30)31-21-24-43-39(25-31)37-12-6-8-14-42(37)47(43)34-9-3-2-4-10-34/h2-27H. The third-order valence-corrected chi connectivity index (χ3v) is 9.39. The normalized spacial score (nSPS) is 11.3. The van der Waals surface area contributed by atoms with E-state index in [1.165, 1.54) is 27.4 Å². The Balaban J connectivity index is 1.14. The molecule has 0 bridgehead atoms. The van der Waals surface area contributed by atoms with Crippen LogP contribution in [-0.4, -0.2) is 9.13 Å². The van der Waals surface area contributed by atoms with E-state index in [0.717, 1.165) is 49.9 Å². The first-order chi connectivity index (χ1) is 23.7. The van der Waals surface area contributed by atoms with Crippen LogP contribution in [0.2, 0.25) is 0 Å². The summed E-state index contributed by atoms with van der Waals surface area (Å²) in [5.74, 6) is 0. The molecular weight excluding hydrogens is 585 g/mol. The highest BCUT2D eigenvalue weighted by Crippen LogP contribution is 2.38. The van der Waals surface area contributed by atoms with Crippen LogP contribution in [0.4, 0.5) is 5.69 Å². The Bertz CT molecular complexity index is 2790. The van der Waals surface area contributed by atoms with Gasteiger partial charge in [-0.05, 0) is 76.9 Å². The quantitative estimate of drug-likeness (QED) is 0.183. The van der Waals surface area contributed by atoms with Crippen molar-refractivity contribution in [2.45, 2.75) is 0 Å². The molecule has 9 rings (SSSR count). The number of nitrogens with zero attached hydrogens (tertiary/aromatic N) is 4. The highest BCUT2D eigenvalue weighted by molar-refractivity contribution is 6.11. The molecule has 0 saturated heterocycles. The van der Waals surface area contributed by atoms with Crippen LogP contribution in [0.25, 0.3) is 82.1 Å². The van der Waals surface area contributed by atoms with Crippen molar-refractivity contribution in [1.82, 2.24) is 9.13 Å². The molecule has 0 fully saturated rings. The first-order valence-electron chi connectivity index (χ1n) is 15.9. The van der Waals surface area contributed by atoms with Crippen LogP contribution in [0.1, 0.15) is 5.56 Å². The maximum atomic E-state index is 9.50. The fourth-order valence-electron chi connectivity index (χ4n) is 7.14. The molecule has 222 valence electrons. The van der Waals surface area contributed by atoms with Gasteiger partial charge in [-0.2, -0.15) is 5.26 Å². The van der Waals surface area contributed by atoms with E-state index in [1.54, 1.807) is 6.07 Å². The molecule has 9 aromatic rings. The highest BCUT2D eigenvalue weighted by atomic mass is 15.0. The summed E-state index contributed by atoms with van der Waals surface area (Å²) in [6, 6.07) is 57.3. The predicted molar refractivity (Wildman–Crippen MR) is 197 cm³/mol. The van der Waals surface area contributed by atoms with Gasteiger partial charge in [0.1, 0.15) is 0 Å². The van der Waals surface area contributed by atoms with Gasteiger partial charge in [-0.25, -0.2) is 4.85 Å². The largest absolute Gasteiger partial charge is 0.310 e. The molecule has 0 aliphatic heterocycles. The Kier molecular flexibility index (Phi) is 6.22. The number of nitriles is 1. The maximum absolute atomic E-state index is 9.50. The number of para-hydroxylation sites is 3. The average Bonchev–Trinajstić information content (AvgIpc) is 3.67. The molecule has 0 radical (unpaired) electrons. The molecule has 4 heteroatoms. The smallest absolute Gasteiger partial charge is 0.206 e. The van der Waals surface area contributed by atoms with Gasteiger partial charge < -0.3 is 9.13 Å². The zero-order valence-corrected chi connectivity index (χ0v) is 25.8. The molecule has 4 nitrogen and oxygen atoms in total. The van der Waals surface area contributed by atoms with Crippen LogP contribution in [0.3, 0.4) is 0 Å². The molecular formula is C44H26N4. The minimum Gasteiger partial charge on any atom is -0.310 e. The van der Waals surface area contributed by atoms with E-state index in [4.69, 9.17) is 6.57 Å². The zero-order valence-electron chi connectivity index (χ0n) is 25.8. The molecule has 0 N–H and O–H groups in total. The molecule has 0 amide bonds. The molecule has 2 heterocycles. The van der Waals surface area contributed by atoms with Crippen molar-refractivity contribution in [2.24, 2.45) is 0 Å². The molecule has 0 aliphatic carbocycles. The number of hydrogen-bond donors (Lipinski definition) is 0. The van der Waals surface area contributed by atoms with E-state index in [0.29, 0.717) is 11.3 Å². The zero-order chi connectivity index (χ0) is 32.2. The van der Waals surface area contributed by atoms with Crippen LogP contribution < -0.4 is 0 Å². The highest BCUT2D eigenvalue weighted by Gasteiger charge is 2.16. The predicted octanol–water partition coefficient (Wildman–Crippen LogP) is 11.6. The fraction of sp³-hybridized carbons (Fsp3) is 0. The van der Waals surface area contributed by atoms with E-state index in [1.807, 2.05) is 18.2 Å². The number of benzene rings is 7. The van der Waals surface area contributed by atoms with Crippen molar-refractivity contribution in [3.8, 4) is 39.7 Å². The Hall–Kier alpha value is -6.88. The van der Waals surface area contributed by atoms with Crippen LogP contribution in [0.15, 0.2) is 158 Å². The van der Waals surface area contributed by atoms with Crippen LogP contribution in [0.5, 0.6) is 0 Å². The molecule has 48 heavy (non-hydrogen) atoms. The summed E-state index contributed by atoms with van der Waals surface area (Å²) in [7, 11) is 0. The lowest BCUT2D eigenvalue weighted by molar-refractivity contribution is 1.18. The third-order valence-electron chi connectivity index (χ3n) is 9.39. The molecule has 0 atom stereocenters. The first-order valence-corrected chi connectivity index (χ1v) is 15.9. The second-order valence-electron chi connectivity index (χ2n) is 12.0. The van der Waals surface area contributed by atoms with E-state index in [2.05, 4.69) is 154 Å². The molecule has 0 saturated carbocycles. The van der Waals surface area contributed by atoms with Crippen molar-refractivity contribution >= 4 is 49.3 Å². The summed E-state index contributed by atoms with van der Waals surface area (Å²) in [5, 5.41) is 14.3. The van der Waals surface area contributed by atoms with E-state index < -0.39 is 0 Å². The topological polar surface area (TPSA) is 38.0 Å². The Morgan fingerprint density at radius 3 is 1.67 bits per heavy atom. The van der Waals surface area contributed by atoms with E-state index >= 15 is 0 Å². The summed E-state index contributed by atoms with van der Waals surface area (Å²) >= 11 is 0. The number of rotatable bonds is 4. The fourth-order valence-corrected chi connectivity index (χ4v) is 7.14. The van der Waals surface area contributed by atoms with Gasteiger partial charge in [0.2, 0.25) is 5.69 Å². The lowest BCUT2D eigenvalue weighted by atomic mass is 9.98. The number of aromatic nitrogens is 2. The molecule has 0 spiro atoms. The minimum absolute atomic E-state index is 0.357. The summed E-state index contributed by atoms with van der Waals surface area (Å²) in [6.07, 6.45) is 0.